The number of carbonyl (C=O) groups is 2. The monoisotopic (exact) mass is 333 g/mol. The first-order chi connectivity index (χ1) is 11.2. The lowest BCUT2D eigenvalue weighted by Gasteiger charge is -2.46. The Morgan fingerprint density at radius 3 is 2.75 bits per heavy atom. The number of likely N-dealkylation sites (tertiary alicyclic amines) is 1. The minimum absolute atomic E-state index is 0.00904. The van der Waals surface area contributed by atoms with Crippen LogP contribution in [0.4, 0.5) is 4.79 Å². The smallest absolute Gasteiger partial charge is 0.412 e. The fraction of sp³-hybridized carbons (Fsp3) is 0.556. The van der Waals surface area contributed by atoms with Gasteiger partial charge >= 0.3 is 6.09 Å². The number of hydrogen-bond acceptors (Lipinski definition) is 5. The quantitative estimate of drug-likeness (QED) is 0.790. The van der Waals surface area contributed by atoms with Crippen molar-refractivity contribution in [2.45, 2.75) is 57.5 Å². The molecule has 1 saturated heterocycles. The Balaban J connectivity index is 1.74. The van der Waals surface area contributed by atoms with E-state index in [0.717, 1.165) is 0 Å². The molecule has 2 unspecified atom stereocenters. The van der Waals surface area contributed by atoms with Crippen LogP contribution in [0.1, 0.15) is 50.4 Å². The van der Waals surface area contributed by atoms with Crippen LogP contribution in [0.3, 0.4) is 0 Å². The zero-order chi connectivity index (χ0) is 17.5. The third kappa shape index (κ3) is 3.24. The van der Waals surface area contributed by atoms with E-state index in [1.807, 2.05) is 6.07 Å². The van der Waals surface area contributed by atoms with Crippen molar-refractivity contribution in [3.8, 4) is 5.75 Å². The molecule has 1 aromatic rings. The molecule has 0 saturated carbocycles. The predicted molar refractivity (Wildman–Crippen MR) is 86.9 cm³/mol. The van der Waals surface area contributed by atoms with Crippen LogP contribution in [0.5, 0.6) is 5.75 Å². The third-order valence-corrected chi connectivity index (χ3v) is 4.35. The summed E-state index contributed by atoms with van der Waals surface area (Å²) in [6.45, 7) is 5.62. The Kier molecular flexibility index (Phi) is 4.03. The maximum atomic E-state index is 12.4. The van der Waals surface area contributed by atoms with Crippen LogP contribution in [0.15, 0.2) is 24.3 Å². The van der Waals surface area contributed by atoms with Gasteiger partial charge < -0.3 is 14.6 Å². The van der Waals surface area contributed by atoms with Crippen LogP contribution in [-0.2, 0) is 4.74 Å². The Morgan fingerprint density at radius 2 is 2.08 bits per heavy atom. The Hall–Kier alpha value is -2.08. The first-order valence-corrected chi connectivity index (χ1v) is 8.18. The van der Waals surface area contributed by atoms with Crippen molar-refractivity contribution in [2.75, 3.05) is 6.54 Å². The van der Waals surface area contributed by atoms with Crippen molar-refractivity contribution >= 4 is 11.9 Å². The second kappa shape index (κ2) is 5.77. The molecule has 1 amide bonds. The Labute approximate surface area is 141 Å². The van der Waals surface area contributed by atoms with Crippen LogP contribution < -0.4 is 4.74 Å². The molecule has 1 N–H and O–H groups in total. The van der Waals surface area contributed by atoms with E-state index >= 15 is 0 Å². The molecule has 24 heavy (non-hydrogen) atoms. The molecular formula is C18H23NO5. The number of ether oxygens (including phenoxy) is 2. The van der Waals surface area contributed by atoms with E-state index in [1.165, 1.54) is 4.90 Å². The topological polar surface area (TPSA) is 76.1 Å². The van der Waals surface area contributed by atoms with Gasteiger partial charge in [0.25, 0.3) is 0 Å². The summed E-state index contributed by atoms with van der Waals surface area (Å²) in [5, 5.41) is 10.4. The number of Topliss-reactive ketones (excluding diaryl/α,β-unsaturated/α-hetero) is 1. The highest BCUT2D eigenvalue weighted by Gasteiger charge is 2.47. The summed E-state index contributed by atoms with van der Waals surface area (Å²) < 4.78 is 11.4. The van der Waals surface area contributed by atoms with Gasteiger partial charge in [0.1, 0.15) is 23.2 Å². The molecule has 6 nitrogen and oxygen atoms in total. The number of piperidine rings is 1. The molecule has 2 heterocycles. The van der Waals surface area contributed by atoms with Crippen molar-refractivity contribution in [1.29, 1.82) is 0 Å². The molecule has 0 radical (unpaired) electrons. The summed E-state index contributed by atoms with van der Waals surface area (Å²) in [4.78, 5) is 25.9. The maximum Gasteiger partial charge on any atom is 0.412 e. The Bertz CT molecular complexity index is 666. The summed E-state index contributed by atoms with van der Waals surface area (Å²) >= 11 is 0. The van der Waals surface area contributed by atoms with E-state index in [2.05, 4.69) is 0 Å². The molecule has 1 fully saturated rings. The summed E-state index contributed by atoms with van der Waals surface area (Å²) in [5.41, 5.74) is -0.807. The van der Waals surface area contributed by atoms with E-state index in [4.69, 9.17) is 9.47 Å². The molecule has 6 heteroatoms. The van der Waals surface area contributed by atoms with Crippen molar-refractivity contribution in [1.82, 2.24) is 4.90 Å². The molecular weight excluding hydrogens is 310 g/mol. The number of hydrogen-bond donors (Lipinski definition) is 1. The molecule has 1 aromatic carbocycles. The van der Waals surface area contributed by atoms with Crippen molar-refractivity contribution in [2.24, 2.45) is 0 Å². The molecule has 130 valence electrons. The minimum atomic E-state index is -1.04. The summed E-state index contributed by atoms with van der Waals surface area (Å²) in [6, 6.07) is 7.13. The van der Waals surface area contributed by atoms with Crippen molar-refractivity contribution in [3.63, 3.8) is 0 Å². The van der Waals surface area contributed by atoms with Gasteiger partial charge in [-0.05, 0) is 32.9 Å². The van der Waals surface area contributed by atoms with Crippen LogP contribution in [-0.4, -0.2) is 45.9 Å². The third-order valence-electron chi connectivity index (χ3n) is 4.35. The number of rotatable bonds is 0. The second-order valence-electron chi connectivity index (χ2n) is 7.49. The van der Waals surface area contributed by atoms with Gasteiger partial charge in [0.15, 0.2) is 5.78 Å². The van der Waals surface area contributed by atoms with Gasteiger partial charge in [-0.2, -0.15) is 0 Å². The second-order valence-corrected chi connectivity index (χ2v) is 7.49. The number of ketones is 1. The van der Waals surface area contributed by atoms with Gasteiger partial charge in [0.05, 0.1) is 12.0 Å². The summed E-state index contributed by atoms with van der Waals surface area (Å²) in [7, 11) is 0. The highest BCUT2D eigenvalue weighted by molar-refractivity contribution is 6.00. The number of amides is 1. The van der Waals surface area contributed by atoms with Gasteiger partial charge in [-0.3, -0.25) is 9.69 Å². The molecule has 0 bridgehead atoms. The number of aliphatic hydroxyl groups excluding tert-OH is 1. The highest BCUT2D eigenvalue weighted by Crippen LogP contribution is 2.40. The van der Waals surface area contributed by atoms with Crippen LogP contribution in [0, 0.1) is 0 Å². The SMILES string of the molecule is CC(C)(C)OC(=O)N1CCC2(CC(=O)c3ccccc3O2)CC1O. The zero-order valence-electron chi connectivity index (χ0n) is 14.2. The lowest BCUT2D eigenvalue weighted by atomic mass is 9.82. The minimum Gasteiger partial charge on any atom is -0.486 e. The average molecular weight is 333 g/mol. The maximum absolute atomic E-state index is 12.4. The van der Waals surface area contributed by atoms with Gasteiger partial charge in [0.2, 0.25) is 0 Å². The van der Waals surface area contributed by atoms with Crippen LogP contribution in [0.2, 0.25) is 0 Å². The number of aliphatic hydroxyl groups is 1. The normalized spacial score (nSPS) is 26.8. The molecule has 2 atom stereocenters. The standard InChI is InChI=1S/C18H23NO5/c1-17(2,3)24-16(22)19-9-8-18(11-15(19)21)10-13(20)12-6-4-5-7-14(12)23-18/h4-7,15,21H,8-11H2,1-3H3. The predicted octanol–water partition coefficient (Wildman–Crippen LogP) is 2.74. The van der Waals surface area contributed by atoms with Gasteiger partial charge in [-0.1, -0.05) is 12.1 Å². The van der Waals surface area contributed by atoms with Crippen LogP contribution in [0.25, 0.3) is 0 Å². The molecule has 0 aromatic heterocycles. The molecule has 3 rings (SSSR count). The van der Waals surface area contributed by atoms with Crippen LogP contribution >= 0.6 is 0 Å². The first-order valence-electron chi connectivity index (χ1n) is 8.18. The lowest BCUT2D eigenvalue weighted by molar-refractivity contribution is -0.104. The zero-order valence-corrected chi connectivity index (χ0v) is 14.2. The number of para-hydroxylation sites is 1. The largest absolute Gasteiger partial charge is 0.486 e. The molecule has 2 aliphatic heterocycles. The van der Waals surface area contributed by atoms with Crippen molar-refractivity contribution < 1.29 is 24.2 Å². The van der Waals surface area contributed by atoms with E-state index in [9.17, 15) is 14.7 Å². The number of carbonyl (C=O) groups excluding carboxylic acids is 2. The number of nitrogens with zero attached hydrogens (tertiary/aromatic N) is 1. The van der Waals surface area contributed by atoms with E-state index in [0.29, 0.717) is 17.7 Å². The molecule has 0 aliphatic carbocycles. The van der Waals surface area contributed by atoms with E-state index in [-0.39, 0.29) is 25.2 Å². The highest BCUT2D eigenvalue weighted by atomic mass is 16.6. The van der Waals surface area contributed by atoms with Crippen molar-refractivity contribution in [3.05, 3.63) is 29.8 Å². The number of fused-ring (bicyclic) bond motifs is 1. The summed E-state index contributed by atoms with van der Waals surface area (Å²) in [5.74, 6) is 0.557. The fourth-order valence-corrected chi connectivity index (χ4v) is 3.25. The molecule has 2 aliphatic rings. The van der Waals surface area contributed by atoms with E-state index in [1.54, 1.807) is 39.0 Å². The van der Waals surface area contributed by atoms with Gasteiger partial charge in [0, 0.05) is 19.4 Å². The first kappa shape index (κ1) is 16.8. The van der Waals surface area contributed by atoms with Gasteiger partial charge in [-0.25, -0.2) is 4.79 Å². The summed E-state index contributed by atoms with van der Waals surface area (Å²) in [6.07, 6.45) is -0.710. The molecule has 1 spiro atoms. The van der Waals surface area contributed by atoms with Gasteiger partial charge in [-0.15, -0.1) is 0 Å². The average Bonchev–Trinajstić information content (AvgIpc) is 2.45. The fourth-order valence-electron chi connectivity index (χ4n) is 3.25. The lowest BCUT2D eigenvalue weighted by Crippen LogP contribution is -2.57. The Morgan fingerprint density at radius 1 is 1.38 bits per heavy atom. The number of benzene rings is 1. The van der Waals surface area contributed by atoms with E-state index < -0.39 is 23.5 Å².